The Bertz CT molecular complexity index is 521. The lowest BCUT2D eigenvalue weighted by molar-refractivity contribution is 0.0844. The molecular weight excluding hydrogens is 266 g/mol. The molecule has 0 aromatic heterocycles. The summed E-state index contributed by atoms with van der Waals surface area (Å²) >= 11 is 0. The van der Waals surface area contributed by atoms with Gasteiger partial charge in [0.1, 0.15) is 0 Å². The minimum absolute atomic E-state index is 0.132. The van der Waals surface area contributed by atoms with E-state index in [1.165, 1.54) is 11.1 Å². The molecule has 4 heteroatoms. The van der Waals surface area contributed by atoms with Crippen LogP contribution in [0.5, 0.6) is 0 Å². The average Bonchev–Trinajstić information content (AvgIpc) is 2.83. The molecule has 114 valence electrons. The Morgan fingerprint density at radius 2 is 2.10 bits per heavy atom. The highest BCUT2D eigenvalue weighted by molar-refractivity contribution is 5.67. The summed E-state index contributed by atoms with van der Waals surface area (Å²) in [4.78, 5) is 13.6. The largest absolute Gasteiger partial charge is 0.450 e. The molecule has 2 aliphatic rings. The fraction of sp³-hybridized carbons (Fsp3) is 0.588. The van der Waals surface area contributed by atoms with Crippen LogP contribution in [0.25, 0.3) is 0 Å². The van der Waals surface area contributed by atoms with Crippen molar-refractivity contribution in [2.24, 2.45) is 0 Å². The van der Waals surface area contributed by atoms with Crippen molar-refractivity contribution in [3.05, 3.63) is 35.4 Å². The van der Waals surface area contributed by atoms with Gasteiger partial charge in [0.15, 0.2) is 0 Å². The maximum Gasteiger partial charge on any atom is 0.409 e. The van der Waals surface area contributed by atoms with Gasteiger partial charge in [-0.05, 0) is 42.7 Å². The van der Waals surface area contributed by atoms with Gasteiger partial charge in [0.25, 0.3) is 0 Å². The summed E-state index contributed by atoms with van der Waals surface area (Å²) in [5.41, 5.74) is 2.81. The minimum Gasteiger partial charge on any atom is -0.450 e. The number of piperidine rings is 1. The molecule has 1 aliphatic carbocycles. The maximum atomic E-state index is 11.8. The van der Waals surface area contributed by atoms with Crippen molar-refractivity contribution in [2.75, 3.05) is 26.3 Å². The fourth-order valence-electron chi connectivity index (χ4n) is 4.00. The van der Waals surface area contributed by atoms with Gasteiger partial charge in [0.2, 0.25) is 0 Å². The van der Waals surface area contributed by atoms with Gasteiger partial charge in [-0.3, -0.25) is 0 Å². The SMILES string of the molecule is CCOC(=O)N1CCC2(CC1)CC(CO)c1ccccc12. The molecule has 4 nitrogen and oxygen atoms in total. The number of benzene rings is 1. The van der Waals surface area contributed by atoms with Crippen molar-refractivity contribution in [1.82, 2.24) is 4.90 Å². The first-order valence-corrected chi connectivity index (χ1v) is 7.82. The summed E-state index contributed by atoms with van der Waals surface area (Å²) in [5.74, 6) is 0.246. The number of carbonyl (C=O) groups excluding carboxylic acids is 1. The lowest BCUT2D eigenvalue weighted by atomic mass is 9.73. The zero-order chi connectivity index (χ0) is 14.9. The fourth-order valence-corrected chi connectivity index (χ4v) is 4.00. The molecule has 1 saturated heterocycles. The molecule has 1 aliphatic heterocycles. The molecule has 1 unspecified atom stereocenters. The number of hydrogen-bond donors (Lipinski definition) is 1. The number of amides is 1. The highest BCUT2D eigenvalue weighted by Crippen LogP contribution is 2.51. The number of hydrogen-bond acceptors (Lipinski definition) is 3. The van der Waals surface area contributed by atoms with E-state index in [1.54, 1.807) is 0 Å². The summed E-state index contributed by atoms with van der Waals surface area (Å²) in [5, 5.41) is 9.65. The third-order valence-corrected chi connectivity index (χ3v) is 5.08. The van der Waals surface area contributed by atoms with Gasteiger partial charge >= 0.3 is 6.09 Å². The number of likely N-dealkylation sites (tertiary alicyclic amines) is 1. The van der Waals surface area contributed by atoms with Gasteiger partial charge < -0.3 is 14.7 Å². The molecule has 1 aromatic rings. The molecule has 1 aromatic carbocycles. The van der Waals surface area contributed by atoms with Crippen LogP contribution < -0.4 is 0 Å². The van der Waals surface area contributed by atoms with E-state index in [-0.39, 0.29) is 24.0 Å². The summed E-state index contributed by atoms with van der Waals surface area (Å²) in [6.45, 7) is 3.95. The highest BCUT2D eigenvalue weighted by atomic mass is 16.6. The van der Waals surface area contributed by atoms with Crippen LogP contribution in [0.15, 0.2) is 24.3 Å². The second kappa shape index (κ2) is 5.68. The molecule has 1 N–H and O–H groups in total. The van der Waals surface area contributed by atoms with Crippen LogP contribution in [-0.4, -0.2) is 42.4 Å². The van der Waals surface area contributed by atoms with E-state index in [9.17, 15) is 9.90 Å². The topological polar surface area (TPSA) is 49.8 Å². The summed E-state index contributed by atoms with van der Waals surface area (Å²) in [6, 6.07) is 8.47. The van der Waals surface area contributed by atoms with Crippen LogP contribution in [0, 0.1) is 0 Å². The molecule has 1 spiro atoms. The summed E-state index contributed by atoms with van der Waals surface area (Å²) in [7, 11) is 0. The van der Waals surface area contributed by atoms with E-state index in [4.69, 9.17) is 4.74 Å². The third-order valence-electron chi connectivity index (χ3n) is 5.08. The molecule has 0 bridgehead atoms. The van der Waals surface area contributed by atoms with Gasteiger partial charge in [0, 0.05) is 25.6 Å². The number of aliphatic hydroxyl groups excluding tert-OH is 1. The molecule has 1 amide bonds. The van der Waals surface area contributed by atoms with Crippen molar-refractivity contribution in [3.63, 3.8) is 0 Å². The van der Waals surface area contributed by atoms with Gasteiger partial charge in [0.05, 0.1) is 6.61 Å². The minimum atomic E-state index is -0.197. The first kappa shape index (κ1) is 14.4. The van der Waals surface area contributed by atoms with Crippen molar-refractivity contribution in [3.8, 4) is 0 Å². The highest BCUT2D eigenvalue weighted by Gasteiger charge is 2.45. The summed E-state index contributed by atoms with van der Waals surface area (Å²) in [6.07, 6.45) is 2.72. The van der Waals surface area contributed by atoms with E-state index in [0.717, 1.165) is 32.4 Å². The Hall–Kier alpha value is -1.55. The number of ether oxygens (including phenoxy) is 1. The first-order valence-electron chi connectivity index (χ1n) is 7.82. The standard InChI is InChI=1S/C17H23NO3/c1-2-21-16(20)18-9-7-17(8-10-18)11-13(12-19)14-5-3-4-6-15(14)17/h3-6,13,19H,2,7-12H2,1H3. The van der Waals surface area contributed by atoms with Crippen molar-refractivity contribution >= 4 is 6.09 Å². The van der Waals surface area contributed by atoms with Crippen LogP contribution in [0.2, 0.25) is 0 Å². The van der Waals surface area contributed by atoms with Gasteiger partial charge in [-0.15, -0.1) is 0 Å². The molecule has 0 radical (unpaired) electrons. The Labute approximate surface area is 125 Å². The normalized spacial score (nSPS) is 23.1. The van der Waals surface area contributed by atoms with E-state index >= 15 is 0 Å². The first-order chi connectivity index (χ1) is 10.2. The molecule has 1 fully saturated rings. The number of aliphatic hydroxyl groups is 1. The van der Waals surface area contributed by atoms with Gasteiger partial charge in [-0.25, -0.2) is 4.79 Å². The molecule has 1 atom stereocenters. The average molecular weight is 289 g/mol. The zero-order valence-corrected chi connectivity index (χ0v) is 12.5. The Morgan fingerprint density at radius 1 is 1.38 bits per heavy atom. The number of nitrogens with zero attached hydrogens (tertiary/aromatic N) is 1. The van der Waals surface area contributed by atoms with Gasteiger partial charge in [-0.2, -0.15) is 0 Å². The third kappa shape index (κ3) is 2.42. The summed E-state index contributed by atoms with van der Waals surface area (Å²) < 4.78 is 5.09. The Morgan fingerprint density at radius 3 is 2.76 bits per heavy atom. The molecule has 0 saturated carbocycles. The maximum absolute atomic E-state index is 11.8. The number of fused-ring (bicyclic) bond motifs is 2. The molecule has 3 rings (SSSR count). The number of carbonyl (C=O) groups is 1. The molecule has 21 heavy (non-hydrogen) atoms. The lowest BCUT2D eigenvalue weighted by Crippen LogP contribution is -2.44. The molecule has 1 heterocycles. The van der Waals surface area contributed by atoms with Crippen molar-refractivity contribution < 1.29 is 14.6 Å². The van der Waals surface area contributed by atoms with Crippen molar-refractivity contribution in [1.29, 1.82) is 0 Å². The lowest BCUT2D eigenvalue weighted by Gasteiger charge is -2.39. The predicted molar refractivity (Wildman–Crippen MR) is 80.4 cm³/mol. The smallest absolute Gasteiger partial charge is 0.409 e. The van der Waals surface area contributed by atoms with E-state index in [0.29, 0.717) is 6.61 Å². The number of rotatable bonds is 2. The van der Waals surface area contributed by atoms with E-state index in [2.05, 4.69) is 18.2 Å². The predicted octanol–water partition coefficient (Wildman–Crippen LogP) is 2.66. The quantitative estimate of drug-likeness (QED) is 0.910. The van der Waals surface area contributed by atoms with Gasteiger partial charge in [-0.1, -0.05) is 24.3 Å². The van der Waals surface area contributed by atoms with E-state index < -0.39 is 0 Å². The van der Waals surface area contributed by atoms with Crippen molar-refractivity contribution in [2.45, 2.75) is 37.5 Å². The second-order valence-electron chi connectivity index (χ2n) is 6.14. The van der Waals surface area contributed by atoms with Crippen LogP contribution in [0.4, 0.5) is 4.79 Å². The Kier molecular flexibility index (Phi) is 3.89. The molecular formula is C17H23NO3. The van der Waals surface area contributed by atoms with Crippen LogP contribution >= 0.6 is 0 Å². The van der Waals surface area contributed by atoms with Crippen LogP contribution in [0.1, 0.15) is 43.2 Å². The van der Waals surface area contributed by atoms with Crippen LogP contribution in [0.3, 0.4) is 0 Å². The van der Waals surface area contributed by atoms with E-state index in [1.807, 2.05) is 17.9 Å². The zero-order valence-electron chi connectivity index (χ0n) is 12.5. The monoisotopic (exact) mass is 289 g/mol. The Balaban J connectivity index is 1.78. The second-order valence-corrected chi connectivity index (χ2v) is 6.14. The van der Waals surface area contributed by atoms with Crippen LogP contribution in [-0.2, 0) is 10.2 Å².